The Morgan fingerprint density at radius 1 is 1.32 bits per heavy atom. The first-order valence-corrected chi connectivity index (χ1v) is 6.53. The Balaban J connectivity index is 2.40. The molecule has 2 aromatic rings. The summed E-state index contributed by atoms with van der Waals surface area (Å²) in [4.78, 5) is 8.01. The molecule has 0 saturated heterocycles. The van der Waals surface area contributed by atoms with Gasteiger partial charge in [-0.3, -0.25) is 0 Å². The zero-order valence-corrected chi connectivity index (χ0v) is 11.4. The summed E-state index contributed by atoms with van der Waals surface area (Å²) >= 11 is 6.17. The van der Waals surface area contributed by atoms with Crippen LogP contribution in [0.3, 0.4) is 0 Å². The lowest BCUT2D eigenvalue weighted by Gasteiger charge is -2.20. The van der Waals surface area contributed by atoms with Gasteiger partial charge in [-0.05, 0) is 36.7 Å². The monoisotopic (exact) mass is 279 g/mol. The highest BCUT2D eigenvalue weighted by molar-refractivity contribution is 6.31. The molecule has 0 amide bonds. The Bertz CT molecular complexity index is 533. The number of hydrogen-bond donors (Lipinski definition) is 1. The lowest BCUT2D eigenvalue weighted by molar-refractivity contribution is 0.583. The molecule has 0 radical (unpaired) electrons. The van der Waals surface area contributed by atoms with Crippen LogP contribution in [-0.4, -0.2) is 16.5 Å². The molecule has 1 atom stereocenters. The van der Waals surface area contributed by atoms with Crippen LogP contribution in [0.15, 0.2) is 36.9 Å². The van der Waals surface area contributed by atoms with Crippen molar-refractivity contribution in [3.05, 3.63) is 58.9 Å². The van der Waals surface area contributed by atoms with Gasteiger partial charge in [0.05, 0.1) is 6.04 Å². The van der Waals surface area contributed by atoms with Crippen molar-refractivity contribution in [3.63, 3.8) is 0 Å². The maximum Gasteiger partial charge on any atom is 0.123 e. The number of nitrogens with zero attached hydrogens (tertiary/aromatic N) is 2. The Labute approximate surface area is 116 Å². The van der Waals surface area contributed by atoms with Crippen molar-refractivity contribution in [3.8, 4) is 0 Å². The molecule has 0 spiro atoms. The molecule has 3 nitrogen and oxygen atoms in total. The van der Waals surface area contributed by atoms with Gasteiger partial charge in [-0.25, -0.2) is 14.4 Å². The minimum absolute atomic E-state index is 0.204. The zero-order valence-electron chi connectivity index (χ0n) is 10.6. The smallest absolute Gasteiger partial charge is 0.123 e. The van der Waals surface area contributed by atoms with Crippen LogP contribution >= 0.6 is 11.6 Å². The van der Waals surface area contributed by atoms with Crippen LogP contribution in [0.25, 0.3) is 0 Å². The Morgan fingerprint density at radius 2 is 2.05 bits per heavy atom. The summed E-state index contributed by atoms with van der Waals surface area (Å²) < 4.78 is 13.4. The van der Waals surface area contributed by atoms with E-state index in [2.05, 4.69) is 22.2 Å². The number of halogens is 2. The third-order valence-electron chi connectivity index (χ3n) is 2.78. The van der Waals surface area contributed by atoms with E-state index in [1.807, 2.05) is 0 Å². The van der Waals surface area contributed by atoms with Crippen LogP contribution in [0.4, 0.5) is 4.39 Å². The summed E-state index contributed by atoms with van der Waals surface area (Å²) in [5.74, 6) is -0.306. The predicted molar refractivity (Wildman–Crippen MR) is 73.6 cm³/mol. The van der Waals surface area contributed by atoms with E-state index >= 15 is 0 Å². The molecule has 2 rings (SSSR count). The van der Waals surface area contributed by atoms with E-state index in [9.17, 15) is 4.39 Å². The number of rotatable bonds is 5. The standard InChI is InChI=1S/C14H15ClFN3/c1-2-5-19-14(10-7-17-9-18-8-10)12-6-11(16)3-4-13(12)15/h3-4,6-9,14,19H,2,5H2,1H3. The topological polar surface area (TPSA) is 37.8 Å². The van der Waals surface area contributed by atoms with Gasteiger partial charge in [-0.1, -0.05) is 18.5 Å². The molecular formula is C14H15ClFN3. The molecule has 5 heteroatoms. The van der Waals surface area contributed by atoms with Gasteiger partial charge < -0.3 is 5.32 Å². The molecule has 1 aromatic heterocycles. The van der Waals surface area contributed by atoms with Crippen molar-refractivity contribution in [2.75, 3.05) is 6.54 Å². The van der Waals surface area contributed by atoms with Crippen molar-refractivity contribution >= 4 is 11.6 Å². The number of aromatic nitrogens is 2. The van der Waals surface area contributed by atoms with Gasteiger partial charge in [-0.2, -0.15) is 0 Å². The van der Waals surface area contributed by atoms with E-state index in [0.717, 1.165) is 18.5 Å². The molecule has 100 valence electrons. The maximum atomic E-state index is 13.4. The van der Waals surface area contributed by atoms with E-state index in [1.165, 1.54) is 18.5 Å². The van der Waals surface area contributed by atoms with Gasteiger partial charge in [0.1, 0.15) is 12.1 Å². The molecule has 1 aromatic carbocycles. The highest BCUT2D eigenvalue weighted by Crippen LogP contribution is 2.28. The van der Waals surface area contributed by atoms with E-state index in [4.69, 9.17) is 11.6 Å². The number of hydrogen-bond acceptors (Lipinski definition) is 3. The van der Waals surface area contributed by atoms with Gasteiger partial charge in [0.2, 0.25) is 0 Å². The average Bonchev–Trinajstić information content (AvgIpc) is 2.44. The first kappa shape index (κ1) is 13.9. The fourth-order valence-corrected chi connectivity index (χ4v) is 2.12. The van der Waals surface area contributed by atoms with Gasteiger partial charge in [0.25, 0.3) is 0 Å². The molecule has 0 aliphatic carbocycles. The van der Waals surface area contributed by atoms with E-state index < -0.39 is 0 Å². The largest absolute Gasteiger partial charge is 0.306 e. The fraction of sp³-hybridized carbons (Fsp3) is 0.286. The molecule has 0 aliphatic heterocycles. The zero-order chi connectivity index (χ0) is 13.7. The van der Waals surface area contributed by atoms with E-state index in [0.29, 0.717) is 10.6 Å². The lowest BCUT2D eigenvalue weighted by atomic mass is 10.0. The lowest BCUT2D eigenvalue weighted by Crippen LogP contribution is -2.24. The second kappa shape index (κ2) is 6.59. The molecule has 0 saturated carbocycles. The van der Waals surface area contributed by atoms with Crippen LogP contribution in [0.1, 0.15) is 30.5 Å². The number of nitrogens with one attached hydrogen (secondary N) is 1. The quantitative estimate of drug-likeness (QED) is 0.912. The first-order chi connectivity index (χ1) is 9.22. The van der Waals surface area contributed by atoms with Crippen LogP contribution in [0.2, 0.25) is 5.02 Å². The third kappa shape index (κ3) is 3.49. The minimum atomic E-state index is -0.306. The first-order valence-electron chi connectivity index (χ1n) is 6.15. The maximum absolute atomic E-state index is 13.4. The van der Waals surface area contributed by atoms with Crippen molar-refractivity contribution in [2.45, 2.75) is 19.4 Å². The summed E-state index contributed by atoms with van der Waals surface area (Å²) in [6.45, 7) is 2.87. The molecule has 0 aliphatic rings. The molecule has 1 heterocycles. The summed E-state index contributed by atoms with van der Waals surface area (Å²) in [5.41, 5.74) is 1.56. The fourth-order valence-electron chi connectivity index (χ4n) is 1.89. The Morgan fingerprint density at radius 3 is 2.74 bits per heavy atom. The summed E-state index contributed by atoms with van der Waals surface area (Å²) in [7, 11) is 0. The molecule has 1 N–H and O–H groups in total. The molecule has 0 fully saturated rings. The van der Waals surface area contributed by atoms with Crippen molar-refractivity contribution in [1.82, 2.24) is 15.3 Å². The van der Waals surface area contributed by atoms with Crippen LogP contribution in [-0.2, 0) is 0 Å². The average molecular weight is 280 g/mol. The van der Waals surface area contributed by atoms with Crippen molar-refractivity contribution in [1.29, 1.82) is 0 Å². The van der Waals surface area contributed by atoms with E-state index in [-0.39, 0.29) is 11.9 Å². The van der Waals surface area contributed by atoms with Crippen molar-refractivity contribution in [2.24, 2.45) is 0 Å². The summed E-state index contributed by atoms with van der Waals surface area (Å²) in [5, 5.41) is 3.87. The van der Waals surface area contributed by atoms with Gasteiger partial charge in [-0.15, -0.1) is 0 Å². The molecule has 19 heavy (non-hydrogen) atoms. The SMILES string of the molecule is CCCNC(c1cncnc1)c1cc(F)ccc1Cl. The Hall–Kier alpha value is -1.52. The molecule has 1 unspecified atom stereocenters. The second-order valence-electron chi connectivity index (χ2n) is 4.22. The summed E-state index contributed by atoms with van der Waals surface area (Å²) in [6, 6.07) is 4.16. The predicted octanol–water partition coefficient (Wildman–Crippen LogP) is 3.36. The van der Waals surface area contributed by atoms with Crippen LogP contribution < -0.4 is 5.32 Å². The second-order valence-corrected chi connectivity index (χ2v) is 4.63. The van der Waals surface area contributed by atoms with Gasteiger partial charge in [0.15, 0.2) is 0 Å². The van der Waals surface area contributed by atoms with Crippen LogP contribution in [0.5, 0.6) is 0 Å². The number of benzene rings is 1. The van der Waals surface area contributed by atoms with E-state index in [1.54, 1.807) is 18.5 Å². The van der Waals surface area contributed by atoms with Gasteiger partial charge >= 0.3 is 0 Å². The third-order valence-corrected chi connectivity index (χ3v) is 3.13. The molecule has 0 bridgehead atoms. The summed E-state index contributed by atoms with van der Waals surface area (Å²) in [6.07, 6.45) is 5.85. The Kier molecular flexibility index (Phi) is 4.82. The minimum Gasteiger partial charge on any atom is -0.306 e. The van der Waals surface area contributed by atoms with Crippen molar-refractivity contribution < 1.29 is 4.39 Å². The van der Waals surface area contributed by atoms with Crippen LogP contribution in [0, 0.1) is 5.82 Å². The normalized spacial score (nSPS) is 12.4. The molecular weight excluding hydrogens is 265 g/mol. The van der Waals surface area contributed by atoms with Gasteiger partial charge in [0, 0.05) is 23.0 Å². The highest BCUT2D eigenvalue weighted by Gasteiger charge is 2.17. The highest BCUT2D eigenvalue weighted by atomic mass is 35.5.